The Morgan fingerprint density at radius 3 is 2.52 bits per heavy atom. The van der Waals surface area contributed by atoms with Crippen LogP contribution in [0.1, 0.15) is 36.8 Å². The number of aromatic nitrogens is 4. The standard InChI is InChI=1S/C40H35FN6O5/c1-3-46-22-32(35(48)15-14-31(40(46)50)27-9-11-29(41)12-10-27)39(49)44-30-13-16-36(38(20-30)51-24-26-7-5-4-6-8-26)52-37-19-28(33-23-45(2)25-42-33)21-47-34(37)17-18-43-47/h4-13,16-23,25,31H,3,14-15,24H2,1-2H3,(H,44,49)/b32-22+. The van der Waals surface area contributed by atoms with Gasteiger partial charge in [0.25, 0.3) is 5.91 Å². The number of ether oxygens (including phenoxy) is 2. The molecule has 4 heterocycles. The summed E-state index contributed by atoms with van der Waals surface area (Å²) in [6.07, 6.45) is 8.62. The summed E-state index contributed by atoms with van der Waals surface area (Å²) in [6, 6.07) is 24.0. The molecule has 1 aliphatic heterocycles. The summed E-state index contributed by atoms with van der Waals surface area (Å²) < 4.78 is 29.9. The maximum atomic E-state index is 13.7. The van der Waals surface area contributed by atoms with Gasteiger partial charge in [-0.1, -0.05) is 42.5 Å². The summed E-state index contributed by atoms with van der Waals surface area (Å²) in [4.78, 5) is 46.5. The van der Waals surface area contributed by atoms with E-state index in [2.05, 4.69) is 15.4 Å². The first-order valence-corrected chi connectivity index (χ1v) is 16.8. The second-order valence-corrected chi connectivity index (χ2v) is 12.4. The maximum Gasteiger partial charge on any atom is 0.260 e. The van der Waals surface area contributed by atoms with Crippen LogP contribution in [-0.2, 0) is 28.0 Å². The lowest BCUT2D eigenvalue weighted by molar-refractivity contribution is -0.131. The quantitative estimate of drug-likeness (QED) is 0.152. The Labute approximate surface area is 298 Å². The van der Waals surface area contributed by atoms with Gasteiger partial charge >= 0.3 is 0 Å². The van der Waals surface area contributed by atoms with Crippen LogP contribution in [0.3, 0.4) is 0 Å². The van der Waals surface area contributed by atoms with Gasteiger partial charge in [0.1, 0.15) is 17.9 Å². The zero-order chi connectivity index (χ0) is 36.2. The molecule has 12 heteroatoms. The van der Waals surface area contributed by atoms with Crippen molar-refractivity contribution >= 4 is 28.8 Å². The molecular weight excluding hydrogens is 663 g/mol. The van der Waals surface area contributed by atoms with E-state index < -0.39 is 23.4 Å². The van der Waals surface area contributed by atoms with Gasteiger partial charge in [-0.25, -0.2) is 13.9 Å². The number of hydrogen-bond acceptors (Lipinski definition) is 7. The number of ketones is 1. The van der Waals surface area contributed by atoms with Gasteiger partial charge in [0.15, 0.2) is 23.0 Å². The molecule has 7 rings (SSSR count). The molecule has 3 aromatic heterocycles. The van der Waals surface area contributed by atoms with Crippen molar-refractivity contribution in [1.29, 1.82) is 0 Å². The minimum absolute atomic E-state index is 0.0383. The molecule has 0 aliphatic carbocycles. The van der Waals surface area contributed by atoms with E-state index in [1.165, 1.54) is 23.2 Å². The molecule has 0 saturated carbocycles. The summed E-state index contributed by atoms with van der Waals surface area (Å²) in [7, 11) is 1.89. The molecule has 6 aromatic rings. The van der Waals surface area contributed by atoms with Gasteiger partial charge in [-0.05, 0) is 60.9 Å². The number of imidazole rings is 1. The second-order valence-electron chi connectivity index (χ2n) is 12.4. The van der Waals surface area contributed by atoms with Crippen LogP contribution in [0.4, 0.5) is 10.1 Å². The Balaban J connectivity index is 1.18. The molecule has 1 unspecified atom stereocenters. The summed E-state index contributed by atoms with van der Waals surface area (Å²) in [5, 5.41) is 7.23. The number of Topliss-reactive ketones (excluding diaryl/α,β-unsaturated/α-hetero) is 1. The number of hydrogen-bond donors (Lipinski definition) is 1. The normalized spacial score (nSPS) is 15.9. The van der Waals surface area contributed by atoms with Crippen LogP contribution in [0.5, 0.6) is 17.2 Å². The van der Waals surface area contributed by atoms with Gasteiger partial charge in [-0.3, -0.25) is 14.4 Å². The SMILES string of the molecule is CCN1/C=C(/C(=O)Nc2ccc(Oc3cc(-c4cn(C)cn4)cn4nccc34)c(OCc3ccccc3)c2)C(=O)CCC(c2ccc(F)cc2)C1=O. The molecule has 3 aromatic carbocycles. The molecule has 1 aliphatic rings. The first kappa shape index (κ1) is 33.9. The average molecular weight is 699 g/mol. The predicted molar refractivity (Wildman–Crippen MR) is 192 cm³/mol. The number of likely N-dealkylation sites (N-methyl/N-ethyl adjacent to an activating group) is 1. The number of anilines is 1. The monoisotopic (exact) mass is 698 g/mol. The molecule has 1 atom stereocenters. The van der Waals surface area contributed by atoms with E-state index in [0.29, 0.717) is 28.5 Å². The van der Waals surface area contributed by atoms with Crippen molar-refractivity contribution in [3.8, 4) is 28.5 Å². The molecule has 52 heavy (non-hydrogen) atoms. The topological polar surface area (TPSA) is 120 Å². The van der Waals surface area contributed by atoms with E-state index in [-0.39, 0.29) is 37.5 Å². The molecule has 0 fully saturated rings. The minimum Gasteiger partial charge on any atom is -0.485 e. The molecule has 0 spiro atoms. The molecule has 11 nitrogen and oxygen atoms in total. The van der Waals surface area contributed by atoms with Crippen LogP contribution < -0.4 is 14.8 Å². The first-order valence-electron chi connectivity index (χ1n) is 16.8. The number of benzene rings is 3. The highest BCUT2D eigenvalue weighted by atomic mass is 19.1. The largest absolute Gasteiger partial charge is 0.485 e. The van der Waals surface area contributed by atoms with E-state index in [1.54, 1.807) is 54.3 Å². The van der Waals surface area contributed by atoms with Crippen molar-refractivity contribution in [2.75, 3.05) is 11.9 Å². The molecule has 0 saturated heterocycles. The molecule has 0 bridgehead atoms. The van der Waals surface area contributed by atoms with Gasteiger partial charge in [-0.2, -0.15) is 5.10 Å². The summed E-state index contributed by atoms with van der Waals surface area (Å²) in [6.45, 7) is 2.21. The Morgan fingerprint density at radius 2 is 1.77 bits per heavy atom. The number of aryl methyl sites for hydroxylation is 1. The zero-order valence-corrected chi connectivity index (χ0v) is 28.5. The van der Waals surface area contributed by atoms with Gasteiger partial charge in [-0.15, -0.1) is 0 Å². The van der Waals surface area contributed by atoms with Crippen molar-refractivity contribution in [1.82, 2.24) is 24.1 Å². The van der Waals surface area contributed by atoms with E-state index in [0.717, 1.165) is 22.3 Å². The van der Waals surface area contributed by atoms with Crippen molar-refractivity contribution in [3.63, 3.8) is 0 Å². The van der Waals surface area contributed by atoms with Crippen molar-refractivity contribution in [3.05, 3.63) is 139 Å². The number of carbonyl (C=O) groups is 3. The van der Waals surface area contributed by atoms with Gasteiger partial charge < -0.3 is 24.3 Å². The lowest BCUT2D eigenvalue weighted by atomic mass is 9.89. The third kappa shape index (κ3) is 7.31. The van der Waals surface area contributed by atoms with Gasteiger partial charge in [0.2, 0.25) is 5.91 Å². The predicted octanol–water partition coefficient (Wildman–Crippen LogP) is 7.06. The van der Waals surface area contributed by atoms with Crippen molar-refractivity contribution in [2.45, 2.75) is 32.3 Å². The lowest BCUT2D eigenvalue weighted by Crippen LogP contribution is -2.35. The molecule has 262 valence electrons. The van der Waals surface area contributed by atoms with Crippen LogP contribution in [-0.4, -0.2) is 48.2 Å². The maximum absolute atomic E-state index is 13.7. The molecule has 2 amide bonds. The van der Waals surface area contributed by atoms with E-state index >= 15 is 0 Å². The summed E-state index contributed by atoms with van der Waals surface area (Å²) >= 11 is 0. The van der Waals surface area contributed by atoms with Crippen LogP contribution in [0.15, 0.2) is 122 Å². The van der Waals surface area contributed by atoms with E-state index in [4.69, 9.17) is 9.47 Å². The third-order valence-corrected chi connectivity index (χ3v) is 8.81. The first-order chi connectivity index (χ1) is 25.2. The fourth-order valence-electron chi connectivity index (χ4n) is 6.08. The molecule has 0 radical (unpaired) electrons. The lowest BCUT2D eigenvalue weighted by Gasteiger charge is -2.27. The number of carbonyl (C=O) groups excluding carboxylic acids is 3. The highest BCUT2D eigenvalue weighted by molar-refractivity contribution is 6.23. The smallest absolute Gasteiger partial charge is 0.260 e. The third-order valence-electron chi connectivity index (χ3n) is 8.81. The van der Waals surface area contributed by atoms with E-state index in [1.807, 2.05) is 66.5 Å². The zero-order valence-electron chi connectivity index (χ0n) is 28.5. The fraction of sp³-hybridized carbons (Fsp3) is 0.175. The van der Waals surface area contributed by atoms with Crippen LogP contribution in [0.2, 0.25) is 0 Å². The van der Waals surface area contributed by atoms with Crippen molar-refractivity contribution in [2.24, 2.45) is 7.05 Å². The average Bonchev–Trinajstić information content (AvgIpc) is 3.82. The number of nitrogens with zero attached hydrogens (tertiary/aromatic N) is 5. The number of nitrogens with one attached hydrogen (secondary N) is 1. The van der Waals surface area contributed by atoms with Crippen LogP contribution in [0, 0.1) is 5.82 Å². The Morgan fingerprint density at radius 1 is 0.962 bits per heavy atom. The van der Waals surface area contributed by atoms with Gasteiger partial charge in [0.05, 0.1) is 29.7 Å². The molecule has 1 N–H and O–H groups in total. The van der Waals surface area contributed by atoms with Crippen LogP contribution in [0.25, 0.3) is 16.8 Å². The number of halogens is 1. The van der Waals surface area contributed by atoms with E-state index in [9.17, 15) is 18.8 Å². The Hall–Kier alpha value is -6.56. The van der Waals surface area contributed by atoms with Gasteiger partial charge in [0, 0.05) is 55.9 Å². The number of pyridine rings is 1. The molecular formula is C40H35FN6O5. The second kappa shape index (κ2) is 14.7. The number of rotatable bonds is 10. The number of amides is 2. The highest BCUT2D eigenvalue weighted by Crippen LogP contribution is 2.38. The number of fused-ring (bicyclic) bond motifs is 1. The Kier molecular flexibility index (Phi) is 9.61. The van der Waals surface area contributed by atoms with Crippen LogP contribution >= 0.6 is 0 Å². The minimum atomic E-state index is -0.664. The highest BCUT2D eigenvalue weighted by Gasteiger charge is 2.31. The van der Waals surface area contributed by atoms with Crippen molar-refractivity contribution < 1.29 is 28.2 Å². The fourth-order valence-corrected chi connectivity index (χ4v) is 6.08. The summed E-state index contributed by atoms with van der Waals surface area (Å²) in [5.41, 5.74) is 4.01. The summed E-state index contributed by atoms with van der Waals surface area (Å²) in [5.74, 6) is -1.17. The Bertz CT molecular complexity index is 2300.